The van der Waals surface area contributed by atoms with Gasteiger partial charge in [0.25, 0.3) is 5.56 Å². The van der Waals surface area contributed by atoms with Gasteiger partial charge in [-0.25, -0.2) is 9.37 Å². The monoisotopic (exact) mass is 307 g/mol. The second kappa shape index (κ2) is 7.95. The summed E-state index contributed by atoms with van der Waals surface area (Å²) in [4.78, 5) is 19.2. The summed E-state index contributed by atoms with van der Waals surface area (Å²) in [6, 6.07) is 8.06. The van der Waals surface area contributed by atoms with Crippen LogP contribution in [0.5, 0.6) is 0 Å². The first-order valence-electron chi connectivity index (χ1n) is 6.86. The van der Waals surface area contributed by atoms with E-state index in [1.807, 2.05) is 0 Å². The first-order valence-corrected chi connectivity index (χ1v) is 7.84. The number of halogens is 1. The highest BCUT2D eigenvalue weighted by Gasteiger charge is 2.05. The van der Waals surface area contributed by atoms with Crippen molar-refractivity contribution in [3.63, 3.8) is 0 Å². The van der Waals surface area contributed by atoms with Crippen LogP contribution in [-0.4, -0.2) is 16.5 Å². The Morgan fingerprint density at radius 3 is 2.95 bits per heavy atom. The highest BCUT2D eigenvalue weighted by atomic mass is 32.2. The van der Waals surface area contributed by atoms with E-state index in [0.717, 1.165) is 13.0 Å². The Kier molecular flexibility index (Phi) is 5.95. The average Bonchev–Trinajstić information content (AvgIpc) is 2.46. The molecule has 0 unspecified atom stereocenters. The summed E-state index contributed by atoms with van der Waals surface area (Å²) in [5.74, 6) is 0.729. The van der Waals surface area contributed by atoms with E-state index in [-0.39, 0.29) is 11.4 Å². The van der Waals surface area contributed by atoms with E-state index >= 15 is 0 Å². The number of rotatable bonds is 7. The molecule has 0 fully saturated rings. The number of aromatic amines is 1. The van der Waals surface area contributed by atoms with Crippen molar-refractivity contribution in [3.8, 4) is 0 Å². The number of nitrogens with one attached hydrogen (secondary N) is 2. The van der Waals surface area contributed by atoms with Crippen LogP contribution in [0.3, 0.4) is 0 Å². The number of H-pyrrole nitrogens is 1. The van der Waals surface area contributed by atoms with Crippen molar-refractivity contribution in [1.29, 1.82) is 0 Å². The van der Waals surface area contributed by atoms with Gasteiger partial charge in [-0.15, -0.1) is 11.8 Å². The minimum absolute atomic E-state index is 0.178. The number of nitrogens with zero attached hydrogens (tertiary/aromatic N) is 1. The van der Waals surface area contributed by atoms with Crippen LogP contribution in [0.15, 0.2) is 40.0 Å². The fourth-order valence-electron chi connectivity index (χ4n) is 1.82. The third-order valence-electron chi connectivity index (χ3n) is 2.78. The molecule has 0 aliphatic carbocycles. The van der Waals surface area contributed by atoms with Gasteiger partial charge in [-0.1, -0.05) is 19.1 Å². The highest BCUT2D eigenvalue weighted by Crippen LogP contribution is 2.23. The third-order valence-corrected chi connectivity index (χ3v) is 3.84. The van der Waals surface area contributed by atoms with Crippen LogP contribution in [0.2, 0.25) is 0 Å². The van der Waals surface area contributed by atoms with Gasteiger partial charge in [0.05, 0.1) is 11.4 Å². The zero-order valence-corrected chi connectivity index (χ0v) is 12.7. The molecule has 2 rings (SSSR count). The molecule has 0 saturated carbocycles. The van der Waals surface area contributed by atoms with Crippen LogP contribution >= 0.6 is 11.8 Å². The Hall–Kier alpha value is -1.66. The van der Waals surface area contributed by atoms with Gasteiger partial charge in [0.2, 0.25) is 0 Å². The number of benzene rings is 1. The van der Waals surface area contributed by atoms with Crippen molar-refractivity contribution < 1.29 is 4.39 Å². The zero-order chi connectivity index (χ0) is 15.1. The minimum atomic E-state index is -0.259. The average molecular weight is 307 g/mol. The van der Waals surface area contributed by atoms with Crippen molar-refractivity contribution in [1.82, 2.24) is 15.3 Å². The second-order valence-electron chi connectivity index (χ2n) is 4.58. The molecule has 0 aliphatic heterocycles. The largest absolute Gasteiger partial charge is 0.311 e. The lowest BCUT2D eigenvalue weighted by Crippen LogP contribution is -2.19. The molecule has 0 bridgehead atoms. The van der Waals surface area contributed by atoms with Crippen LogP contribution < -0.4 is 10.9 Å². The number of thioether (sulfide) groups is 1. The van der Waals surface area contributed by atoms with Crippen molar-refractivity contribution >= 4 is 11.8 Å². The van der Waals surface area contributed by atoms with E-state index in [9.17, 15) is 9.18 Å². The number of aromatic nitrogens is 2. The maximum absolute atomic E-state index is 13.5. The van der Waals surface area contributed by atoms with E-state index in [2.05, 4.69) is 22.2 Å². The van der Waals surface area contributed by atoms with Gasteiger partial charge in [0.15, 0.2) is 0 Å². The summed E-state index contributed by atoms with van der Waals surface area (Å²) in [5, 5.41) is 3.21. The highest BCUT2D eigenvalue weighted by molar-refractivity contribution is 7.98. The molecule has 0 amide bonds. The lowest BCUT2D eigenvalue weighted by atomic mass is 10.3. The summed E-state index contributed by atoms with van der Waals surface area (Å²) in [6.45, 7) is 3.53. The Balaban J connectivity index is 2.03. The molecule has 1 heterocycles. The summed E-state index contributed by atoms with van der Waals surface area (Å²) >= 11 is 1.32. The molecule has 21 heavy (non-hydrogen) atoms. The zero-order valence-electron chi connectivity index (χ0n) is 11.9. The van der Waals surface area contributed by atoms with E-state index in [0.29, 0.717) is 28.7 Å². The SMILES string of the molecule is CCCNCc1cc(=O)[nH]c(CSc2ccccc2F)n1. The van der Waals surface area contributed by atoms with Gasteiger partial charge >= 0.3 is 0 Å². The summed E-state index contributed by atoms with van der Waals surface area (Å²) in [6.07, 6.45) is 1.03. The molecule has 2 aromatic rings. The van der Waals surface area contributed by atoms with Crippen molar-refractivity contribution in [2.45, 2.75) is 30.5 Å². The summed E-state index contributed by atoms with van der Waals surface area (Å²) < 4.78 is 13.5. The van der Waals surface area contributed by atoms with Crippen LogP contribution in [0.25, 0.3) is 0 Å². The molecule has 2 N–H and O–H groups in total. The topological polar surface area (TPSA) is 57.8 Å². The van der Waals surface area contributed by atoms with Crippen molar-refractivity contribution in [2.24, 2.45) is 0 Å². The van der Waals surface area contributed by atoms with E-state index < -0.39 is 0 Å². The molecule has 0 atom stereocenters. The first kappa shape index (κ1) is 15.7. The Bertz CT molecular complexity index is 645. The maximum atomic E-state index is 13.5. The van der Waals surface area contributed by atoms with E-state index in [1.54, 1.807) is 18.2 Å². The molecule has 1 aromatic heterocycles. The molecule has 112 valence electrons. The maximum Gasteiger partial charge on any atom is 0.251 e. The van der Waals surface area contributed by atoms with E-state index in [1.165, 1.54) is 23.9 Å². The number of hydrogen-bond donors (Lipinski definition) is 2. The third kappa shape index (κ3) is 4.99. The molecule has 0 aliphatic rings. The molecular formula is C15H18FN3OS. The molecule has 0 radical (unpaired) electrons. The smallest absolute Gasteiger partial charge is 0.251 e. The lowest BCUT2D eigenvalue weighted by Gasteiger charge is -2.06. The van der Waals surface area contributed by atoms with Gasteiger partial charge in [-0.2, -0.15) is 0 Å². The van der Waals surface area contributed by atoms with Gasteiger partial charge in [-0.05, 0) is 25.1 Å². The standard InChI is InChI=1S/C15H18FN3OS/c1-2-7-17-9-11-8-15(20)19-14(18-11)10-21-13-6-4-3-5-12(13)16/h3-6,8,17H,2,7,9-10H2,1H3,(H,18,19,20). The summed E-state index contributed by atoms with van der Waals surface area (Å²) in [7, 11) is 0. The number of hydrogen-bond acceptors (Lipinski definition) is 4. The molecular weight excluding hydrogens is 289 g/mol. The second-order valence-corrected chi connectivity index (χ2v) is 5.60. The predicted octanol–water partition coefficient (Wildman–Crippen LogP) is 2.70. The summed E-state index contributed by atoms with van der Waals surface area (Å²) in [5.41, 5.74) is 0.527. The quantitative estimate of drug-likeness (QED) is 0.610. The molecule has 0 spiro atoms. The fourth-order valence-corrected chi connectivity index (χ4v) is 2.63. The molecule has 4 nitrogen and oxygen atoms in total. The van der Waals surface area contributed by atoms with Crippen LogP contribution in [0.1, 0.15) is 24.9 Å². The molecule has 1 aromatic carbocycles. The first-order chi connectivity index (χ1) is 10.2. The fraction of sp³-hybridized carbons (Fsp3) is 0.333. The lowest BCUT2D eigenvalue weighted by molar-refractivity contribution is 0.602. The Morgan fingerprint density at radius 2 is 2.19 bits per heavy atom. The van der Waals surface area contributed by atoms with Crippen LogP contribution in [0, 0.1) is 5.82 Å². The molecule has 0 saturated heterocycles. The van der Waals surface area contributed by atoms with E-state index in [4.69, 9.17) is 0 Å². The van der Waals surface area contributed by atoms with Crippen LogP contribution in [0.4, 0.5) is 4.39 Å². The Morgan fingerprint density at radius 1 is 1.38 bits per heavy atom. The normalized spacial score (nSPS) is 10.8. The van der Waals surface area contributed by atoms with Crippen molar-refractivity contribution in [3.05, 3.63) is 58.0 Å². The predicted molar refractivity (Wildman–Crippen MR) is 82.8 cm³/mol. The van der Waals surface area contributed by atoms with Crippen molar-refractivity contribution in [2.75, 3.05) is 6.54 Å². The van der Waals surface area contributed by atoms with Gasteiger partial charge in [0.1, 0.15) is 11.6 Å². The van der Waals surface area contributed by atoms with Crippen LogP contribution in [-0.2, 0) is 12.3 Å². The Labute approximate surface area is 127 Å². The van der Waals surface area contributed by atoms with Gasteiger partial charge in [0, 0.05) is 17.5 Å². The molecule has 6 heteroatoms. The van der Waals surface area contributed by atoms with Gasteiger partial charge in [-0.3, -0.25) is 4.79 Å². The van der Waals surface area contributed by atoms with Gasteiger partial charge < -0.3 is 10.3 Å². The minimum Gasteiger partial charge on any atom is -0.311 e.